The summed E-state index contributed by atoms with van der Waals surface area (Å²) in [6.45, 7) is 0.510. The van der Waals surface area contributed by atoms with Gasteiger partial charge < -0.3 is 15.0 Å². The van der Waals surface area contributed by atoms with E-state index >= 15 is 0 Å². The Labute approximate surface area is 154 Å². The molecule has 1 saturated heterocycles. The molecule has 0 bridgehead atoms. The van der Waals surface area contributed by atoms with E-state index in [1.54, 1.807) is 12.0 Å². The minimum absolute atomic E-state index is 0.00955. The van der Waals surface area contributed by atoms with Crippen LogP contribution in [-0.2, 0) is 16.0 Å². The summed E-state index contributed by atoms with van der Waals surface area (Å²) in [5, 5.41) is 2.99. The lowest BCUT2D eigenvalue weighted by Crippen LogP contribution is -2.37. The topological polar surface area (TPSA) is 58.6 Å². The van der Waals surface area contributed by atoms with Crippen LogP contribution in [0.3, 0.4) is 0 Å². The van der Waals surface area contributed by atoms with Crippen LogP contribution in [0.25, 0.3) is 0 Å². The number of anilines is 1. The van der Waals surface area contributed by atoms with E-state index in [-0.39, 0.29) is 17.9 Å². The van der Waals surface area contributed by atoms with Gasteiger partial charge in [0.2, 0.25) is 11.8 Å². The molecule has 0 aliphatic carbocycles. The first kappa shape index (κ1) is 18.0. The molecule has 136 valence electrons. The fraction of sp³-hybridized carbons (Fsp3) is 0.333. The van der Waals surface area contributed by atoms with Crippen LogP contribution in [0.15, 0.2) is 54.6 Å². The third-order valence-electron chi connectivity index (χ3n) is 4.59. The first-order valence-corrected chi connectivity index (χ1v) is 8.93. The van der Waals surface area contributed by atoms with Gasteiger partial charge in [-0.15, -0.1) is 0 Å². The number of rotatable bonds is 7. The second-order valence-corrected chi connectivity index (χ2v) is 6.51. The van der Waals surface area contributed by atoms with Gasteiger partial charge in [-0.3, -0.25) is 9.59 Å². The largest absolute Gasteiger partial charge is 0.497 e. The summed E-state index contributed by atoms with van der Waals surface area (Å²) in [4.78, 5) is 26.1. The standard InChI is InChI=1S/C21H24N2O3/c1-26-19-12-10-18(11-13-19)23-15-17(14-21(23)25)22-20(24)9-5-8-16-6-3-2-4-7-16/h2-4,6-7,10-13,17H,5,8-9,14-15H2,1H3,(H,22,24)/t17-/m1/s1. The number of methoxy groups -OCH3 is 1. The van der Waals surface area contributed by atoms with Crippen LogP contribution >= 0.6 is 0 Å². The molecule has 0 saturated carbocycles. The van der Waals surface area contributed by atoms with E-state index in [9.17, 15) is 9.59 Å². The van der Waals surface area contributed by atoms with Gasteiger partial charge in [0.15, 0.2) is 0 Å². The van der Waals surface area contributed by atoms with Crippen molar-refractivity contribution in [3.8, 4) is 5.75 Å². The summed E-state index contributed by atoms with van der Waals surface area (Å²) >= 11 is 0. The van der Waals surface area contributed by atoms with Gasteiger partial charge in [-0.2, -0.15) is 0 Å². The maximum atomic E-state index is 12.3. The molecule has 3 rings (SSSR count). The minimum Gasteiger partial charge on any atom is -0.497 e. The van der Waals surface area contributed by atoms with Crippen LogP contribution in [0.2, 0.25) is 0 Å². The van der Waals surface area contributed by atoms with E-state index in [2.05, 4.69) is 17.4 Å². The van der Waals surface area contributed by atoms with Gasteiger partial charge in [-0.1, -0.05) is 30.3 Å². The van der Waals surface area contributed by atoms with Crippen molar-refractivity contribution in [1.82, 2.24) is 5.32 Å². The van der Waals surface area contributed by atoms with Crippen molar-refractivity contribution in [3.63, 3.8) is 0 Å². The van der Waals surface area contributed by atoms with Gasteiger partial charge in [0.25, 0.3) is 0 Å². The zero-order chi connectivity index (χ0) is 18.4. The zero-order valence-electron chi connectivity index (χ0n) is 15.0. The molecule has 2 aromatic carbocycles. The van der Waals surface area contributed by atoms with Gasteiger partial charge in [0.1, 0.15) is 5.75 Å². The maximum absolute atomic E-state index is 12.3. The number of ether oxygens (including phenoxy) is 1. The number of benzene rings is 2. The summed E-state index contributed by atoms with van der Waals surface area (Å²) in [5.74, 6) is 0.795. The van der Waals surface area contributed by atoms with Gasteiger partial charge in [0.05, 0.1) is 13.2 Å². The van der Waals surface area contributed by atoms with Crippen LogP contribution in [-0.4, -0.2) is 31.5 Å². The highest BCUT2D eigenvalue weighted by Crippen LogP contribution is 2.24. The normalized spacial score (nSPS) is 16.6. The van der Waals surface area contributed by atoms with Crippen LogP contribution in [0, 0.1) is 0 Å². The van der Waals surface area contributed by atoms with E-state index in [0.29, 0.717) is 19.4 Å². The molecule has 1 aliphatic heterocycles. The first-order chi connectivity index (χ1) is 12.7. The van der Waals surface area contributed by atoms with Gasteiger partial charge in [0, 0.05) is 25.1 Å². The second kappa shape index (κ2) is 8.52. The number of amides is 2. The lowest BCUT2D eigenvalue weighted by Gasteiger charge is -2.17. The summed E-state index contributed by atoms with van der Waals surface area (Å²) in [6.07, 6.45) is 2.51. The van der Waals surface area contributed by atoms with E-state index in [1.807, 2.05) is 42.5 Å². The third kappa shape index (κ3) is 4.63. The van der Waals surface area contributed by atoms with Crippen LogP contribution in [0.5, 0.6) is 5.75 Å². The Morgan fingerprint density at radius 1 is 1.15 bits per heavy atom. The monoisotopic (exact) mass is 352 g/mol. The molecule has 0 aromatic heterocycles. The molecule has 2 aromatic rings. The molecule has 1 atom stereocenters. The predicted octanol–water partition coefficient (Wildman–Crippen LogP) is 2.94. The summed E-state index contributed by atoms with van der Waals surface area (Å²) in [7, 11) is 1.61. The van der Waals surface area contributed by atoms with Gasteiger partial charge >= 0.3 is 0 Å². The van der Waals surface area contributed by atoms with Gasteiger partial charge in [-0.25, -0.2) is 0 Å². The van der Waals surface area contributed by atoms with Crippen molar-refractivity contribution < 1.29 is 14.3 Å². The molecular formula is C21H24N2O3. The molecule has 0 radical (unpaired) electrons. The Balaban J connectivity index is 1.46. The number of hydrogen-bond acceptors (Lipinski definition) is 3. The first-order valence-electron chi connectivity index (χ1n) is 8.93. The Hall–Kier alpha value is -2.82. The number of carbonyl (C=O) groups is 2. The molecule has 1 N–H and O–H groups in total. The predicted molar refractivity (Wildman–Crippen MR) is 101 cm³/mol. The fourth-order valence-corrected chi connectivity index (χ4v) is 3.21. The molecule has 2 amide bonds. The van der Waals surface area contributed by atoms with Crippen LogP contribution in [0.4, 0.5) is 5.69 Å². The van der Waals surface area contributed by atoms with Crippen molar-refractivity contribution >= 4 is 17.5 Å². The zero-order valence-corrected chi connectivity index (χ0v) is 15.0. The number of carbonyl (C=O) groups excluding carboxylic acids is 2. The molecule has 0 spiro atoms. The summed E-state index contributed by atoms with van der Waals surface area (Å²) < 4.78 is 5.14. The highest BCUT2D eigenvalue weighted by molar-refractivity contribution is 5.96. The quantitative estimate of drug-likeness (QED) is 0.833. The fourth-order valence-electron chi connectivity index (χ4n) is 3.21. The summed E-state index contributed by atoms with van der Waals surface area (Å²) in [6, 6.07) is 17.4. The Morgan fingerprint density at radius 2 is 1.88 bits per heavy atom. The Morgan fingerprint density at radius 3 is 2.58 bits per heavy atom. The van der Waals surface area contributed by atoms with E-state index in [0.717, 1.165) is 24.3 Å². The average Bonchev–Trinajstić information content (AvgIpc) is 3.02. The highest BCUT2D eigenvalue weighted by atomic mass is 16.5. The SMILES string of the molecule is COc1ccc(N2C[C@H](NC(=O)CCCc3ccccc3)CC2=O)cc1. The van der Waals surface area contributed by atoms with E-state index < -0.39 is 0 Å². The van der Waals surface area contributed by atoms with Crippen molar-refractivity contribution in [2.45, 2.75) is 31.7 Å². The minimum atomic E-state index is -0.131. The van der Waals surface area contributed by atoms with E-state index in [4.69, 9.17) is 4.74 Å². The number of aryl methyl sites for hydroxylation is 1. The molecule has 5 heteroatoms. The number of hydrogen-bond donors (Lipinski definition) is 1. The third-order valence-corrected chi connectivity index (χ3v) is 4.59. The molecule has 26 heavy (non-hydrogen) atoms. The van der Waals surface area contributed by atoms with Crippen LogP contribution in [0.1, 0.15) is 24.8 Å². The van der Waals surface area contributed by atoms with E-state index in [1.165, 1.54) is 5.56 Å². The highest BCUT2D eigenvalue weighted by Gasteiger charge is 2.31. The lowest BCUT2D eigenvalue weighted by molar-refractivity contribution is -0.121. The molecule has 5 nitrogen and oxygen atoms in total. The number of nitrogens with zero attached hydrogens (tertiary/aromatic N) is 1. The Kier molecular flexibility index (Phi) is 5.89. The lowest BCUT2D eigenvalue weighted by atomic mass is 10.1. The summed E-state index contributed by atoms with van der Waals surface area (Å²) in [5.41, 5.74) is 2.07. The van der Waals surface area contributed by atoms with Crippen molar-refractivity contribution in [2.75, 3.05) is 18.6 Å². The van der Waals surface area contributed by atoms with Crippen molar-refractivity contribution in [2.24, 2.45) is 0 Å². The molecule has 1 heterocycles. The molecule has 1 fully saturated rings. The van der Waals surface area contributed by atoms with Crippen molar-refractivity contribution in [1.29, 1.82) is 0 Å². The smallest absolute Gasteiger partial charge is 0.229 e. The van der Waals surface area contributed by atoms with Crippen LogP contribution < -0.4 is 15.0 Å². The average molecular weight is 352 g/mol. The molecule has 0 unspecified atom stereocenters. The molecule has 1 aliphatic rings. The maximum Gasteiger partial charge on any atom is 0.229 e. The second-order valence-electron chi connectivity index (χ2n) is 6.51. The number of nitrogens with one attached hydrogen (secondary N) is 1. The van der Waals surface area contributed by atoms with Gasteiger partial charge in [-0.05, 0) is 42.7 Å². The molecular weight excluding hydrogens is 328 g/mol. The Bertz CT molecular complexity index is 744. The van der Waals surface area contributed by atoms with Crippen molar-refractivity contribution in [3.05, 3.63) is 60.2 Å².